The predicted octanol–water partition coefficient (Wildman–Crippen LogP) is 1.79. The average Bonchev–Trinajstić information content (AvgIpc) is 1.96. The third-order valence-electron chi connectivity index (χ3n) is 1.57. The van der Waals surface area contributed by atoms with Crippen molar-refractivity contribution in [2.24, 2.45) is 5.73 Å². The molecule has 0 spiro atoms. The summed E-state index contributed by atoms with van der Waals surface area (Å²) in [6.07, 6.45) is 0.294. The number of halogens is 1. The van der Waals surface area contributed by atoms with Crippen molar-refractivity contribution in [3.63, 3.8) is 0 Å². The van der Waals surface area contributed by atoms with Gasteiger partial charge in [-0.15, -0.1) is 0 Å². The highest BCUT2D eigenvalue weighted by molar-refractivity contribution is 9.10. The molecule has 3 heteroatoms. The lowest BCUT2D eigenvalue weighted by Crippen LogP contribution is -2.13. The first-order valence-electron chi connectivity index (χ1n) is 3.63. The minimum absolute atomic E-state index is 0.294. The van der Waals surface area contributed by atoms with Gasteiger partial charge in [0.1, 0.15) is 0 Å². The topological polar surface area (TPSA) is 43.1 Å². The lowest BCUT2D eigenvalue weighted by molar-refractivity contribution is -0.117. The highest BCUT2D eigenvalue weighted by atomic mass is 79.9. The summed E-state index contributed by atoms with van der Waals surface area (Å²) in [5, 5.41) is 0. The molecule has 1 aromatic rings. The summed E-state index contributed by atoms with van der Waals surface area (Å²) in [6, 6.07) is 5.86. The number of benzene rings is 1. The summed E-state index contributed by atoms with van der Waals surface area (Å²) in [4.78, 5) is 10.6. The van der Waals surface area contributed by atoms with Gasteiger partial charge in [-0.2, -0.15) is 0 Å². The smallest absolute Gasteiger partial charge is 0.221 e. The van der Waals surface area contributed by atoms with Crippen LogP contribution in [0, 0.1) is 6.92 Å². The lowest BCUT2D eigenvalue weighted by atomic mass is 10.1. The molecule has 0 saturated carbocycles. The van der Waals surface area contributed by atoms with Gasteiger partial charge in [0.25, 0.3) is 0 Å². The van der Waals surface area contributed by atoms with Crippen molar-refractivity contribution in [3.05, 3.63) is 33.8 Å². The fraction of sp³-hybridized carbons (Fsp3) is 0.222. The van der Waals surface area contributed by atoms with Crippen LogP contribution >= 0.6 is 15.9 Å². The minimum Gasteiger partial charge on any atom is -0.369 e. The Kier molecular flexibility index (Phi) is 2.87. The van der Waals surface area contributed by atoms with E-state index >= 15 is 0 Å². The summed E-state index contributed by atoms with van der Waals surface area (Å²) in [5.41, 5.74) is 7.16. The molecule has 0 atom stereocenters. The monoisotopic (exact) mass is 227 g/mol. The predicted molar refractivity (Wildman–Crippen MR) is 51.8 cm³/mol. The molecular formula is C9H10BrNO. The quantitative estimate of drug-likeness (QED) is 0.823. The molecule has 0 aromatic heterocycles. The van der Waals surface area contributed by atoms with Crippen LogP contribution in [0.5, 0.6) is 0 Å². The van der Waals surface area contributed by atoms with Gasteiger partial charge in [0, 0.05) is 4.47 Å². The SMILES string of the molecule is Cc1ccc(Br)c(CC(N)=O)c1. The molecule has 12 heavy (non-hydrogen) atoms. The molecule has 0 unspecified atom stereocenters. The van der Waals surface area contributed by atoms with Gasteiger partial charge < -0.3 is 5.73 Å². The van der Waals surface area contributed by atoms with Crippen LogP contribution in [0.4, 0.5) is 0 Å². The molecule has 0 radical (unpaired) electrons. The van der Waals surface area contributed by atoms with Crippen LogP contribution in [-0.2, 0) is 11.2 Å². The number of hydrogen-bond donors (Lipinski definition) is 1. The molecule has 2 nitrogen and oxygen atoms in total. The normalized spacial score (nSPS) is 9.83. The van der Waals surface area contributed by atoms with Crippen LogP contribution in [0.3, 0.4) is 0 Å². The molecule has 2 N–H and O–H groups in total. The number of hydrogen-bond acceptors (Lipinski definition) is 1. The van der Waals surface area contributed by atoms with E-state index in [0.717, 1.165) is 15.6 Å². The molecule has 0 bridgehead atoms. The Balaban J connectivity index is 2.97. The zero-order valence-electron chi connectivity index (χ0n) is 6.80. The van der Waals surface area contributed by atoms with E-state index in [1.54, 1.807) is 0 Å². The van der Waals surface area contributed by atoms with Crippen LogP contribution in [0.25, 0.3) is 0 Å². The van der Waals surface area contributed by atoms with Gasteiger partial charge in [0.15, 0.2) is 0 Å². The highest BCUT2D eigenvalue weighted by Crippen LogP contribution is 2.18. The number of carbonyl (C=O) groups excluding carboxylic acids is 1. The van der Waals surface area contributed by atoms with Gasteiger partial charge in [0.2, 0.25) is 5.91 Å². The maximum absolute atomic E-state index is 10.6. The fourth-order valence-electron chi connectivity index (χ4n) is 1.03. The second-order valence-electron chi connectivity index (χ2n) is 2.74. The number of nitrogens with two attached hydrogens (primary N) is 1. The van der Waals surface area contributed by atoms with E-state index in [4.69, 9.17) is 5.73 Å². The van der Waals surface area contributed by atoms with Crippen molar-refractivity contribution in [1.82, 2.24) is 0 Å². The lowest BCUT2D eigenvalue weighted by Gasteiger charge is -2.02. The molecular weight excluding hydrogens is 218 g/mol. The van der Waals surface area contributed by atoms with Crippen molar-refractivity contribution in [3.8, 4) is 0 Å². The molecule has 0 aliphatic heterocycles. The molecule has 1 aromatic carbocycles. The Morgan fingerprint density at radius 3 is 2.83 bits per heavy atom. The zero-order chi connectivity index (χ0) is 9.14. The number of amides is 1. The van der Waals surface area contributed by atoms with Crippen molar-refractivity contribution < 1.29 is 4.79 Å². The average molecular weight is 228 g/mol. The molecule has 1 rings (SSSR count). The van der Waals surface area contributed by atoms with E-state index in [1.807, 2.05) is 25.1 Å². The Morgan fingerprint density at radius 1 is 1.58 bits per heavy atom. The van der Waals surface area contributed by atoms with Gasteiger partial charge in [-0.1, -0.05) is 33.6 Å². The van der Waals surface area contributed by atoms with E-state index < -0.39 is 0 Å². The number of rotatable bonds is 2. The van der Waals surface area contributed by atoms with Crippen molar-refractivity contribution in [2.75, 3.05) is 0 Å². The molecule has 0 aliphatic carbocycles. The molecule has 0 heterocycles. The highest BCUT2D eigenvalue weighted by Gasteiger charge is 2.02. The van der Waals surface area contributed by atoms with Crippen LogP contribution in [0.2, 0.25) is 0 Å². The van der Waals surface area contributed by atoms with Crippen molar-refractivity contribution in [2.45, 2.75) is 13.3 Å². The first-order chi connectivity index (χ1) is 5.59. The van der Waals surface area contributed by atoms with Gasteiger partial charge in [-0.05, 0) is 18.6 Å². The third-order valence-corrected chi connectivity index (χ3v) is 2.34. The zero-order valence-corrected chi connectivity index (χ0v) is 8.39. The largest absolute Gasteiger partial charge is 0.369 e. The molecule has 64 valence electrons. The van der Waals surface area contributed by atoms with E-state index in [0.29, 0.717) is 6.42 Å². The second-order valence-corrected chi connectivity index (χ2v) is 3.59. The molecule has 0 aliphatic rings. The maximum Gasteiger partial charge on any atom is 0.221 e. The summed E-state index contributed by atoms with van der Waals surface area (Å²) < 4.78 is 0.937. The Labute approximate surface area is 79.9 Å². The number of aryl methyl sites for hydroxylation is 1. The maximum atomic E-state index is 10.6. The first-order valence-corrected chi connectivity index (χ1v) is 4.42. The van der Waals surface area contributed by atoms with Crippen LogP contribution in [-0.4, -0.2) is 5.91 Å². The minimum atomic E-state index is -0.304. The van der Waals surface area contributed by atoms with E-state index in [1.165, 1.54) is 0 Å². The number of primary amides is 1. The van der Waals surface area contributed by atoms with Crippen LogP contribution in [0.15, 0.2) is 22.7 Å². The van der Waals surface area contributed by atoms with E-state index in [2.05, 4.69) is 15.9 Å². The standard InChI is InChI=1S/C9H10BrNO/c1-6-2-3-8(10)7(4-6)5-9(11)12/h2-4H,5H2,1H3,(H2,11,12). The summed E-state index contributed by atoms with van der Waals surface area (Å²) in [6.45, 7) is 1.98. The molecule has 1 amide bonds. The molecule has 0 saturated heterocycles. The fourth-order valence-corrected chi connectivity index (χ4v) is 1.41. The van der Waals surface area contributed by atoms with Gasteiger partial charge >= 0.3 is 0 Å². The van der Waals surface area contributed by atoms with Gasteiger partial charge in [0.05, 0.1) is 6.42 Å². The molecule has 0 fully saturated rings. The third kappa shape index (κ3) is 2.34. The second kappa shape index (κ2) is 3.72. The summed E-state index contributed by atoms with van der Waals surface area (Å²) in [7, 11) is 0. The van der Waals surface area contributed by atoms with Gasteiger partial charge in [-0.3, -0.25) is 4.79 Å². The van der Waals surface area contributed by atoms with Gasteiger partial charge in [-0.25, -0.2) is 0 Å². The summed E-state index contributed by atoms with van der Waals surface area (Å²) in [5.74, 6) is -0.304. The van der Waals surface area contributed by atoms with Crippen molar-refractivity contribution in [1.29, 1.82) is 0 Å². The van der Waals surface area contributed by atoms with E-state index in [-0.39, 0.29) is 5.91 Å². The Hall–Kier alpha value is -0.830. The van der Waals surface area contributed by atoms with E-state index in [9.17, 15) is 4.79 Å². The Morgan fingerprint density at radius 2 is 2.25 bits per heavy atom. The van der Waals surface area contributed by atoms with Crippen LogP contribution in [0.1, 0.15) is 11.1 Å². The first kappa shape index (κ1) is 9.26. The Bertz CT molecular complexity index is 309. The number of carbonyl (C=O) groups is 1. The van der Waals surface area contributed by atoms with Crippen molar-refractivity contribution >= 4 is 21.8 Å². The summed E-state index contributed by atoms with van der Waals surface area (Å²) >= 11 is 3.35. The van der Waals surface area contributed by atoms with Crippen LogP contribution < -0.4 is 5.73 Å².